The second-order valence-corrected chi connectivity index (χ2v) is 8.00. The molecule has 0 aliphatic carbocycles. The van der Waals surface area contributed by atoms with Crippen LogP contribution in [0.15, 0.2) is 104 Å². The Morgan fingerprint density at radius 2 is 1.70 bits per heavy atom. The predicted octanol–water partition coefficient (Wildman–Crippen LogP) is 3.08. The third-order valence-corrected chi connectivity index (χ3v) is 5.40. The molecule has 2 heterocycles. The van der Waals surface area contributed by atoms with E-state index in [1.165, 1.54) is 10.8 Å². The van der Waals surface area contributed by atoms with Gasteiger partial charge < -0.3 is 5.32 Å². The van der Waals surface area contributed by atoms with Gasteiger partial charge in [0, 0.05) is 24.4 Å². The van der Waals surface area contributed by atoms with Crippen LogP contribution in [0, 0.1) is 0 Å². The lowest BCUT2D eigenvalue weighted by Gasteiger charge is -2.18. The van der Waals surface area contributed by atoms with Gasteiger partial charge in [0.2, 0.25) is 5.78 Å². The van der Waals surface area contributed by atoms with Crippen molar-refractivity contribution in [2.45, 2.75) is 12.5 Å². The van der Waals surface area contributed by atoms with Crippen LogP contribution in [0.4, 0.5) is 0 Å². The van der Waals surface area contributed by atoms with Gasteiger partial charge in [-0.15, -0.1) is 6.58 Å². The first kappa shape index (κ1) is 25.2. The minimum absolute atomic E-state index is 0.0304. The van der Waals surface area contributed by atoms with Crippen LogP contribution in [0.25, 0.3) is 17.1 Å². The Bertz CT molecular complexity index is 1390. The molecule has 0 bridgehead atoms. The highest BCUT2D eigenvalue weighted by Crippen LogP contribution is 2.19. The van der Waals surface area contributed by atoms with E-state index in [1.54, 1.807) is 24.5 Å². The molecule has 9 heteroatoms. The van der Waals surface area contributed by atoms with Gasteiger partial charge in [-0.2, -0.15) is 5.10 Å². The zero-order valence-electron chi connectivity index (χ0n) is 19.9. The summed E-state index contributed by atoms with van der Waals surface area (Å²) < 4.78 is 1.50. The Hall–Kier alpha value is -4.89. The molecule has 0 radical (unpaired) electrons. The number of Topliss-reactive ketones (excluding diaryl/α,β-unsaturated/α-hetero) is 1. The minimum Gasteiger partial charge on any atom is -0.341 e. The monoisotopic (exact) mass is 495 g/mol. The molecule has 2 amide bonds. The standard InChI is InChI=1S/C28H25N5O4/c1-2-18-37-32-28(36)25(34)24(19-20-10-5-3-6-11-20)30-27(35)22-14-9-16-29-26(22)33-17-15-23(31-33)21-12-7-4-8-13-21/h2-17,24H,1,18-19H2,(H,30,35)(H,32,36)/t24-/m1/s1. The zero-order valence-corrected chi connectivity index (χ0v) is 19.9. The summed E-state index contributed by atoms with van der Waals surface area (Å²) in [5, 5.41) is 7.26. The molecule has 0 spiro atoms. The number of hydrogen-bond acceptors (Lipinski definition) is 6. The normalized spacial score (nSPS) is 11.4. The van der Waals surface area contributed by atoms with Crippen molar-refractivity contribution >= 4 is 17.6 Å². The van der Waals surface area contributed by atoms with E-state index >= 15 is 0 Å². The van der Waals surface area contributed by atoms with Crippen LogP contribution in [0.3, 0.4) is 0 Å². The molecule has 37 heavy (non-hydrogen) atoms. The molecule has 4 rings (SSSR count). The van der Waals surface area contributed by atoms with E-state index in [4.69, 9.17) is 4.84 Å². The molecule has 0 saturated carbocycles. The van der Waals surface area contributed by atoms with Crippen molar-refractivity contribution in [1.82, 2.24) is 25.6 Å². The number of rotatable bonds is 11. The molecule has 0 fully saturated rings. The fourth-order valence-corrected chi connectivity index (χ4v) is 3.63. The number of aromatic nitrogens is 3. The van der Waals surface area contributed by atoms with E-state index in [0.717, 1.165) is 11.1 Å². The SMILES string of the molecule is C=CCONC(=O)C(=O)[C@@H](Cc1ccccc1)NC(=O)c1cccnc1-n1ccc(-c2ccccc2)n1. The smallest absolute Gasteiger partial charge is 0.313 e. The van der Waals surface area contributed by atoms with Gasteiger partial charge in [-0.1, -0.05) is 66.7 Å². The first-order valence-electron chi connectivity index (χ1n) is 11.5. The van der Waals surface area contributed by atoms with Crippen molar-refractivity contribution in [2.24, 2.45) is 0 Å². The second-order valence-electron chi connectivity index (χ2n) is 8.00. The Morgan fingerprint density at radius 1 is 0.973 bits per heavy atom. The molecule has 2 N–H and O–H groups in total. The Morgan fingerprint density at radius 3 is 2.43 bits per heavy atom. The first-order chi connectivity index (χ1) is 18.1. The van der Waals surface area contributed by atoms with Crippen LogP contribution in [0.2, 0.25) is 0 Å². The summed E-state index contributed by atoms with van der Waals surface area (Å²) in [4.78, 5) is 48.0. The number of benzene rings is 2. The lowest BCUT2D eigenvalue weighted by atomic mass is 10.0. The molecular formula is C28H25N5O4. The summed E-state index contributed by atoms with van der Waals surface area (Å²) in [7, 11) is 0. The van der Waals surface area contributed by atoms with Crippen molar-refractivity contribution in [3.8, 4) is 17.1 Å². The van der Waals surface area contributed by atoms with E-state index in [-0.39, 0.29) is 24.4 Å². The number of hydrogen-bond donors (Lipinski definition) is 2. The van der Waals surface area contributed by atoms with Gasteiger partial charge in [-0.3, -0.25) is 19.2 Å². The van der Waals surface area contributed by atoms with Crippen molar-refractivity contribution in [3.05, 3.63) is 115 Å². The number of pyridine rings is 1. The number of amides is 2. The molecule has 4 aromatic rings. The van der Waals surface area contributed by atoms with Gasteiger partial charge in [0.1, 0.15) is 6.04 Å². The number of carbonyl (C=O) groups excluding carboxylic acids is 3. The number of nitrogens with one attached hydrogen (secondary N) is 2. The van der Waals surface area contributed by atoms with Gasteiger partial charge in [0.25, 0.3) is 5.91 Å². The molecule has 2 aromatic heterocycles. The molecular weight excluding hydrogens is 470 g/mol. The number of carbonyl (C=O) groups is 3. The molecule has 0 saturated heterocycles. The van der Waals surface area contributed by atoms with Crippen LogP contribution < -0.4 is 10.8 Å². The average molecular weight is 496 g/mol. The summed E-state index contributed by atoms with van der Waals surface area (Å²) in [6.45, 7) is 3.52. The maximum Gasteiger partial charge on any atom is 0.313 e. The van der Waals surface area contributed by atoms with Gasteiger partial charge >= 0.3 is 5.91 Å². The quantitative estimate of drug-likeness (QED) is 0.143. The largest absolute Gasteiger partial charge is 0.341 e. The van der Waals surface area contributed by atoms with Crippen molar-refractivity contribution in [3.63, 3.8) is 0 Å². The number of nitrogens with zero attached hydrogens (tertiary/aromatic N) is 3. The van der Waals surface area contributed by atoms with E-state index in [0.29, 0.717) is 5.69 Å². The van der Waals surface area contributed by atoms with Gasteiger partial charge in [-0.05, 0) is 23.8 Å². The van der Waals surface area contributed by atoms with Crippen LogP contribution >= 0.6 is 0 Å². The Balaban J connectivity index is 1.58. The van der Waals surface area contributed by atoms with Crippen LogP contribution in [0.1, 0.15) is 15.9 Å². The predicted molar refractivity (Wildman–Crippen MR) is 137 cm³/mol. The van der Waals surface area contributed by atoms with Crippen LogP contribution in [0.5, 0.6) is 0 Å². The van der Waals surface area contributed by atoms with Crippen molar-refractivity contribution in [2.75, 3.05) is 6.61 Å². The van der Waals surface area contributed by atoms with Crippen molar-refractivity contribution in [1.29, 1.82) is 0 Å². The van der Waals surface area contributed by atoms with Gasteiger partial charge in [0.05, 0.1) is 17.9 Å². The lowest BCUT2D eigenvalue weighted by Crippen LogP contribution is -2.48. The molecule has 0 unspecified atom stereocenters. The summed E-state index contributed by atoms with van der Waals surface area (Å²) in [5.74, 6) is -2.12. The molecule has 2 aromatic carbocycles. The molecule has 1 atom stereocenters. The fraction of sp³-hybridized carbons (Fsp3) is 0.107. The van der Waals surface area contributed by atoms with Crippen LogP contribution in [-0.4, -0.2) is 45.0 Å². The highest BCUT2D eigenvalue weighted by atomic mass is 16.6. The zero-order chi connectivity index (χ0) is 26.0. The number of hydroxylamine groups is 1. The maximum atomic E-state index is 13.4. The lowest BCUT2D eigenvalue weighted by molar-refractivity contribution is -0.146. The van der Waals surface area contributed by atoms with E-state index in [9.17, 15) is 14.4 Å². The average Bonchev–Trinajstić information content (AvgIpc) is 3.44. The summed E-state index contributed by atoms with van der Waals surface area (Å²) >= 11 is 0. The molecule has 186 valence electrons. The fourth-order valence-electron chi connectivity index (χ4n) is 3.63. The highest BCUT2D eigenvalue weighted by molar-refractivity contribution is 6.38. The maximum absolute atomic E-state index is 13.4. The third-order valence-electron chi connectivity index (χ3n) is 5.40. The Labute approximate surface area is 213 Å². The first-order valence-corrected chi connectivity index (χ1v) is 11.5. The summed E-state index contributed by atoms with van der Waals surface area (Å²) in [5.41, 5.74) is 4.68. The van der Waals surface area contributed by atoms with E-state index in [2.05, 4.69) is 27.5 Å². The minimum atomic E-state index is -1.15. The summed E-state index contributed by atoms with van der Waals surface area (Å²) in [6.07, 6.45) is 4.79. The van der Waals surface area contributed by atoms with Gasteiger partial charge in [0.15, 0.2) is 5.82 Å². The highest BCUT2D eigenvalue weighted by Gasteiger charge is 2.29. The second kappa shape index (κ2) is 12.2. The van der Waals surface area contributed by atoms with Gasteiger partial charge in [-0.25, -0.2) is 15.1 Å². The Kier molecular flexibility index (Phi) is 8.30. The molecule has 0 aliphatic heterocycles. The molecule has 0 aliphatic rings. The molecule has 9 nitrogen and oxygen atoms in total. The van der Waals surface area contributed by atoms with Crippen molar-refractivity contribution < 1.29 is 19.2 Å². The van der Waals surface area contributed by atoms with Crippen LogP contribution in [-0.2, 0) is 20.8 Å². The topological polar surface area (TPSA) is 115 Å². The number of ketones is 1. The van der Waals surface area contributed by atoms with E-state index < -0.39 is 23.6 Å². The summed E-state index contributed by atoms with van der Waals surface area (Å²) in [6, 6.07) is 22.6. The third kappa shape index (κ3) is 6.41. The van der Waals surface area contributed by atoms with E-state index in [1.807, 2.05) is 66.7 Å².